The maximum atomic E-state index is 10.6. The SMILES string of the molecule is CCOc1cccc(C(CCC(=O)[O-])(OC)OC)c1.[K+]. The Balaban J connectivity index is 0.00000361. The fraction of sp³-hybridized carbons (Fsp3) is 0.500. The average Bonchev–Trinajstić information content (AvgIpc) is 2.41. The molecule has 0 aliphatic carbocycles. The van der Waals surface area contributed by atoms with E-state index in [-0.39, 0.29) is 64.2 Å². The van der Waals surface area contributed by atoms with E-state index in [2.05, 4.69) is 0 Å². The number of carboxylic acid groups (broad SMARTS) is 1. The Labute approximate surface area is 162 Å². The van der Waals surface area contributed by atoms with Gasteiger partial charge in [-0.2, -0.15) is 0 Å². The van der Waals surface area contributed by atoms with Gasteiger partial charge in [0.15, 0.2) is 5.79 Å². The van der Waals surface area contributed by atoms with Gasteiger partial charge in [0.05, 0.1) is 6.61 Å². The van der Waals surface area contributed by atoms with Gasteiger partial charge in [-0.1, -0.05) is 12.1 Å². The standard InChI is InChI=1S/C14H20O5.K/c1-4-19-12-7-5-6-11(10-12)14(17-2,18-3)9-8-13(15)16;/h5-7,10H,4,8-9H2,1-3H3,(H,15,16);/q;+1/p-1. The van der Waals surface area contributed by atoms with Crippen LogP contribution in [0.3, 0.4) is 0 Å². The Morgan fingerprint density at radius 3 is 2.45 bits per heavy atom. The van der Waals surface area contributed by atoms with Crippen LogP contribution in [0.4, 0.5) is 0 Å². The number of hydrogen-bond donors (Lipinski definition) is 0. The van der Waals surface area contributed by atoms with Gasteiger partial charge in [-0.3, -0.25) is 0 Å². The molecule has 0 spiro atoms. The van der Waals surface area contributed by atoms with Gasteiger partial charge >= 0.3 is 51.4 Å². The topological polar surface area (TPSA) is 67.8 Å². The van der Waals surface area contributed by atoms with Gasteiger partial charge in [-0.15, -0.1) is 0 Å². The Kier molecular flexibility index (Phi) is 9.91. The van der Waals surface area contributed by atoms with Gasteiger partial charge in [0.1, 0.15) is 5.75 Å². The van der Waals surface area contributed by atoms with Crippen molar-refractivity contribution < 1.29 is 75.5 Å². The second-order valence-corrected chi connectivity index (χ2v) is 3.99. The van der Waals surface area contributed by atoms with Crippen LogP contribution < -0.4 is 61.2 Å². The van der Waals surface area contributed by atoms with Crippen LogP contribution in [0, 0.1) is 0 Å². The van der Waals surface area contributed by atoms with E-state index in [4.69, 9.17) is 14.2 Å². The summed E-state index contributed by atoms with van der Waals surface area (Å²) >= 11 is 0. The third-order valence-electron chi connectivity index (χ3n) is 2.90. The van der Waals surface area contributed by atoms with Crippen LogP contribution in [0.25, 0.3) is 0 Å². The van der Waals surface area contributed by atoms with Gasteiger partial charge < -0.3 is 24.1 Å². The molecule has 0 aromatic heterocycles. The summed E-state index contributed by atoms with van der Waals surface area (Å²) in [6.07, 6.45) is 0.0124. The second kappa shape index (κ2) is 9.89. The van der Waals surface area contributed by atoms with Crippen LogP contribution in [-0.4, -0.2) is 26.8 Å². The summed E-state index contributed by atoms with van der Waals surface area (Å²) in [4.78, 5) is 10.6. The number of carbonyl (C=O) groups is 1. The molecule has 20 heavy (non-hydrogen) atoms. The van der Waals surface area contributed by atoms with Crippen molar-refractivity contribution in [3.8, 4) is 5.75 Å². The van der Waals surface area contributed by atoms with Crippen LogP contribution in [0.2, 0.25) is 0 Å². The maximum Gasteiger partial charge on any atom is 1.00 e. The molecule has 0 aliphatic rings. The third-order valence-corrected chi connectivity index (χ3v) is 2.90. The smallest absolute Gasteiger partial charge is 0.550 e. The number of benzene rings is 1. The fourth-order valence-corrected chi connectivity index (χ4v) is 1.92. The normalized spacial score (nSPS) is 10.8. The van der Waals surface area contributed by atoms with E-state index in [9.17, 15) is 9.90 Å². The molecular formula is C14H19KO5. The molecule has 1 aromatic carbocycles. The zero-order chi connectivity index (χ0) is 14.3. The summed E-state index contributed by atoms with van der Waals surface area (Å²) < 4.78 is 16.2. The number of ether oxygens (including phenoxy) is 3. The molecule has 0 saturated carbocycles. The van der Waals surface area contributed by atoms with Crippen molar-refractivity contribution >= 4 is 5.97 Å². The zero-order valence-corrected chi connectivity index (χ0v) is 15.6. The maximum absolute atomic E-state index is 10.6. The van der Waals surface area contributed by atoms with Gasteiger partial charge in [0.25, 0.3) is 0 Å². The fourth-order valence-electron chi connectivity index (χ4n) is 1.92. The Hall–Kier alpha value is 0.0464. The van der Waals surface area contributed by atoms with E-state index in [0.29, 0.717) is 17.9 Å². The summed E-state index contributed by atoms with van der Waals surface area (Å²) in [5, 5.41) is 10.6. The van der Waals surface area contributed by atoms with E-state index < -0.39 is 11.8 Å². The number of methoxy groups -OCH3 is 2. The van der Waals surface area contributed by atoms with E-state index in [1.54, 1.807) is 6.07 Å². The minimum Gasteiger partial charge on any atom is -0.550 e. The molecule has 0 fully saturated rings. The van der Waals surface area contributed by atoms with E-state index in [0.717, 1.165) is 0 Å². The summed E-state index contributed by atoms with van der Waals surface area (Å²) in [6.45, 7) is 2.44. The molecule has 0 unspecified atom stereocenters. The molecule has 0 saturated heterocycles. The van der Waals surface area contributed by atoms with E-state index >= 15 is 0 Å². The van der Waals surface area contributed by atoms with Gasteiger partial charge in [0.2, 0.25) is 0 Å². The molecule has 0 bridgehead atoms. The summed E-state index contributed by atoms with van der Waals surface area (Å²) in [5.74, 6) is -1.56. The van der Waals surface area contributed by atoms with Crippen molar-refractivity contribution in [2.75, 3.05) is 20.8 Å². The quantitative estimate of drug-likeness (QED) is 0.413. The molecule has 5 nitrogen and oxygen atoms in total. The second-order valence-electron chi connectivity index (χ2n) is 3.99. The molecule has 0 radical (unpaired) electrons. The number of rotatable bonds is 8. The molecule has 0 atom stereocenters. The summed E-state index contributed by atoms with van der Waals surface area (Å²) in [5.41, 5.74) is 0.713. The minimum atomic E-state index is -1.14. The predicted molar refractivity (Wildman–Crippen MR) is 67.5 cm³/mol. The molecule has 0 N–H and O–H groups in total. The van der Waals surface area contributed by atoms with Crippen molar-refractivity contribution in [1.82, 2.24) is 0 Å². The number of hydrogen-bond acceptors (Lipinski definition) is 5. The van der Waals surface area contributed by atoms with Gasteiger partial charge in [-0.05, 0) is 25.5 Å². The molecular weight excluding hydrogens is 287 g/mol. The zero-order valence-electron chi connectivity index (χ0n) is 12.5. The molecule has 0 amide bonds. The van der Waals surface area contributed by atoms with Crippen molar-refractivity contribution in [1.29, 1.82) is 0 Å². The number of carbonyl (C=O) groups excluding carboxylic acids is 1. The van der Waals surface area contributed by atoms with Gasteiger partial charge in [-0.25, -0.2) is 0 Å². The first-order valence-electron chi connectivity index (χ1n) is 6.11. The first-order valence-corrected chi connectivity index (χ1v) is 6.11. The summed E-state index contributed by atoms with van der Waals surface area (Å²) in [6, 6.07) is 7.23. The van der Waals surface area contributed by atoms with Crippen molar-refractivity contribution in [2.24, 2.45) is 0 Å². The largest absolute Gasteiger partial charge is 1.00 e. The van der Waals surface area contributed by atoms with Crippen molar-refractivity contribution in [3.05, 3.63) is 29.8 Å². The predicted octanol–water partition coefficient (Wildman–Crippen LogP) is -1.93. The van der Waals surface area contributed by atoms with Gasteiger partial charge in [0, 0.05) is 32.2 Å². The molecule has 0 heterocycles. The van der Waals surface area contributed by atoms with Crippen molar-refractivity contribution in [3.63, 3.8) is 0 Å². The van der Waals surface area contributed by atoms with E-state index in [1.165, 1.54) is 14.2 Å². The Morgan fingerprint density at radius 2 is 1.95 bits per heavy atom. The molecule has 0 aliphatic heterocycles. The molecule has 1 rings (SSSR count). The molecule has 1 aromatic rings. The van der Waals surface area contributed by atoms with E-state index in [1.807, 2.05) is 25.1 Å². The minimum absolute atomic E-state index is 0. The molecule has 6 heteroatoms. The molecule has 106 valence electrons. The van der Waals surface area contributed by atoms with Crippen LogP contribution in [0.5, 0.6) is 5.75 Å². The monoisotopic (exact) mass is 306 g/mol. The average molecular weight is 306 g/mol. The first kappa shape index (κ1) is 20.0. The van der Waals surface area contributed by atoms with Crippen LogP contribution in [-0.2, 0) is 20.1 Å². The van der Waals surface area contributed by atoms with Crippen LogP contribution >= 0.6 is 0 Å². The van der Waals surface area contributed by atoms with Crippen LogP contribution in [0.15, 0.2) is 24.3 Å². The van der Waals surface area contributed by atoms with Crippen LogP contribution in [0.1, 0.15) is 25.3 Å². The third kappa shape index (κ3) is 5.44. The first-order chi connectivity index (χ1) is 9.07. The number of carboxylic acids is 1. The Bertz CT molecular complexity index is 418. The number of aliphatic carboxylic acids is 1. The van der Waals surface area contributed by atoms with Crippen molar-refractivity contribution in [2.45, 2.75) is 25.6 Å². The Morgan fingerprint density at radius 1 is 1.30 bits per heavy atom. The summed E-state index contributed by atoms with van der Waals surface area (Å²) in [7, 11) is 2.96.